The first-order valence-corrected chi connectivity index (χ1v) is 6.04. The van der Waals surface area contributed by atoms with E-state index in [4.69, 9.17) is 5.11 Å². The molecule has 0 amide bonds. The van der Waals surface area contributed by atoms with E-state index < -0.39 is 5.97 Å². The zero-order valence-electron chi connectivity index (χ0n) is 10.2. The van der Waals surface area contributed by atoms with E-state index >= 15 is 0 Å². The van der Waals surface area contributed by atoms with Gasteiger partial charge in [-0.3, -0.25) is 4.98 Å². The largest absolute Gasteiger partial charge is 0.478 e. The van der Waals surface area contributed by atoms with Crippen LogP contribution in [0.15, 0.2) is 12.3 Å². The third-order valence-electron chi connectivity index (χ3n) is 3.51. The third kappa shape index (κ3) is 2.57. The molecule has 1 saturated carbocycles. The number of nitrogens with zero attached hydrogens (tertiary/aromatic N) is 1. The molecule has 0 saturated heterocycles. The second-order valence-electron chi connectivity index (χ2n) is 4.80. The molecule has 1 fully saturated rings. The predicted molar refractivity (Wildman–Crippen MR) is 66.4 cm³/mol. The molecule has 2 N–H and O–H groups in total. The standard InChI is InChI=1S/C13H18N2O2/c1-8-6-12(11(7-14-8)13(16)17)15-9(2)10-4-3-5-10/h6-7,9-10H,3-5H2,1-2H3,(H,14,15)(H,16,17). The number of carboxylic acid groups (broad SMARTS) is 1. The molecule has 1 aliphatic rings. The van der Waals surface area contributed by atoms with Crippen LogP contribution < -0.4 is 5.32 Å². The minimum absolute atomic E-state index is 0.252. The van der Waals surface area contributed by atoms with Crippen molar-refractivity contribution in [3.8, 4) is 0 Å². The Kier molecular flexibility index (Phi) is 3.31. The van der Waals surface area contributed by atoms with Crippen LogP contribution in [0.25, 0.3) is 0 Å². The number of aromatic carboxylic acids is 1. The molecular weight excluding hydrogens is 216 g/mol. The molecular formula is C13H18N2O2. The maximum absolute atomic E-state index is 11.1. The summed E-state index contributed by atoms with van der Waals surface area (Å²) < 4.78 is 0. The summed E-state index contributed by atoms with van der Waals surface area (Å²) in [5.74, 6) is -0.258. The molecule has 0 bridgehead atoms. The van der Waals surface area contributed by atoms with Gasteiger partial charge < -0.3 is 10.4 Å². The van der Waals surface area contributed by atoms with Crippen molar-refractivity contribution in [2.24, 2.45) is 5.92 Å². The fourth-order valence-electron chi connectivity index (χ4n) is 2.15. The molecule has 92 valence electrons. The van der Waals surface area contributed by atoms with E-state index in [-0.39, 0.29) is 5.56 Å². The van der Waals surface area contributed by atoms with Crippen LogP contribution >= 0.6 is 0 Å². The van der Waals surface area contributed by atoms with Crippen molar-refractivity contribution in [2.75, 3.05) is 5.32 Å². The van der Waals surface area contributed by atoms with Gasteiger partial charge in [0.1, 0.15) is 5.56 Å². The average Bonchev–Trinajstić information content (AvgIpc) is 2.13. The summed E-state index contributed by atoms with van der Waals surface area (Å²) in [4.78, 5) is 15.1. The Morgan fingerprint density at radius 3 is 2.82 bits per heavy atom. The van der Waals surface area contributed by atoms with Gasteiger partial charge in [-0.2, -0.15) is 0 Å². The van der Waals surface area contributed by atoms with Crippen LogP contribution in [0.4, 0.5) is 5.69 Å². The van der Waals surface area contributed by atoms with Crippen molar-refractivity contribution in [1.29, 1.82) is 0 Å². The van der Waals surface area contributed by atoms with Gasteiger partial charge in [0, 0.05) is 17.9 Å². The molecule has 2 rings (SSSR count). The molecule has 17 heavy (non-hydrogen) atoms. The summed E-state index contributed by atoms with van der Waals surface area (Å²) in [6, 6.07) is 2.13. The summed E-state index contributed by atoms with van der Waals surface area (Å²) in [5.41, 5.74) is 1.77. The first-order valence-electron chi connectivity index (χ1n) is 6.04. The number of nitrogens with one attached hydrogen (secondary N) is 1. The number of carbonyl (C=O) groups is 1. The van der Waals surface area contributed by atoms with E-state index in [0.717, 1.165) is 5.69 Å². The predicted octanol–water partition coefficient (Wildman–Crippen LogP) is 2.69. The van der Waals surface area contributed by atoms with Gasteiger partial charge in [-0.25, -0.2) is 4.79 Å². The Labute approximate surface area is 101 Å². The summed E-state index contributed by atoms with van der Waals surface area (Å²) in [7, 11) is 0. The highest BCUT2D eigenvalue weighted by atomic mass is 16.4. The molecule has 4 nitrogen and oxygen atoms in total. The van der Waals surface area contributed by atoms with Crippen LogP contribution in [0.3, 0.4) is 0 Å². The van der Waals surface area contributed by atoms with Crippen LogP contribution in [-0.2, 0) is 0 Å². The Balaban J connectivity index is 2.17. The lowest BCUT2D eigenvalue weighted by atomic mass is 9.80. The van der Waals surface area contributed by atoms with Crippen molar-refractivity contribution in [3.63, 3.8) is 0 Å². The molecule has 1 aromatic heterocycles. The van der Waals surface area contributed by atoms with E-state index in [9.17, 15) is 4.79 Å². The summed E-state index contributed by atoms with van der Waals surface area (Å²) in [5, 5.41) is 12.4. The van der Waals surface area contributed by atoms with Crippen molar-refractivity contribution < 1.29 is 9.90 Å². The highest BCUT2D eigenvalue weighted by Crippen LogP contribution is 2.31. The lowest BCUT2D eigenvalue weighted by Crippen LogP contribution is -2.31. The second kappa shape index (κ2) is 4.73. The van der Waals surface area contributed by atoms with E-state index in [1.807, 2.05) is 6.92 Å². The Hall–Kier alpha value is -1.58. The summed E-state index contributed by atoms with van der Waals surface area (Å²) in [6.45, 7) is 3.98. The molecule has 0 aliphatic heterocycles. The van der Waals surface area contributed by atoms with E-state index in [0.29, 0.717) is 17.6 Å². The van der Waals surface area contributed by atoms with Crippen LogP contribution in [0.5, 0.6) is 0 Å². The molecule has 0 aromatic carbocycles. The van der Waals surface area contributed by atoms with Crippen molar-refractivity contribution in [1.82, 2.24) is 4.98 Å². The molecule has 4 heteroatoms. The number of pyridine rings is 1. The van der Waals surface area contributed by atoms with Gasteiger partial charge in [-0.1, -0.05) is 6.42 Å². The Bertz CT molecular complexity index is 427. The van der Waals surface area contributed by atoms with Crippen LogP contribution in [0, 0.1) is 12.8 Å². The normalized spacial score (nSPS) is 17.3. The number of hydrogen-bond acceptors (Lipinski definition) is 3. The van der Waals surface area contributed by atoms with Gasteiger partial charge in [0.15, 0.2) is 0 Å². The maximum Gasteiger partial charge on any atom is 0.339 e. The van der Waals surface area contributed by atoms with Gasteiger partial charge >= 0.3 is 5.97 Å². The van der Waals surface area contributed by atoms with Gasteiger partial charge in [-0.05, 0) is 38.7 Å². The molecule has 1 aliphatic carbocycles. The van der Waals surface area contributed by atoms with Crippen molar-refractivity contribution in [2.45, 2.75) is 39.2 Å². The summed E-state index contributed by atoms with van der Waals surface area (Å²) in [6.07, 6.45) is 5.19. The van der Waals surface area contributed by atoms with Gasteiger partial charge in [0.25, 0.3) is 0 Å². The minimum Gasteiger partial charge on any atom is -0.478 e. The number of carboxylic acids is 1. The number of anilines is 1. The zero-order valence-corrected chi connectivity index (χ0v) is 10.2. The number of rotatable bonds is 4. The topological polar surface area (TPSA) is 62.2 Å². The highest BCUT2D eigenvalue weighted by molar-refractivity contribution is 5.93. The molecule has 0 spiro atoms. The molecule has 1 atom stereocenters. The number of aryl methyl sites for hydroxylation is 1. The maximum atomic E-state index is 11.1. The first kappa shape index (κ1) is 11.9. The Morgan fingerprint density at radius 2 is 2.29 bits per heavy atom. The minimum atomic E-state index is -0.930. The van der Waals surface area contributed by atoms with Crippen molar-refractivity contribution >= 4 is 11.7 Å². The third-order valence-corrected chi connectivity index (χ3v) is 3.51. The molecule has 0 radical (unpaired) electrons. The van der Waals surface area contributed by atoms with Gasteiger partial charge in [0.05, 0.1) is 5.69 Å². The fourth-order valence-corrected chi connectivity index (χ4v) is 2.15. The van der Waals surface area contributed by atoms with E-state index in [1.165, 1.54) is 25.5 Å². The number of aromatic nitrogens is 1. The van der Waals surface area contributed by atoms with Crippen molar-refractivity contribution in [3.05, 3.63) is 23.5 Å². The first-order chi connectivity index (χ1) is 8.08. The Morgan fingerprint density at radius 1 is 1.59 bits per heavy atom. The van der Waals surface area contributed by atoms with Crippen LogP contribution in [0.2, 0.25) is 0 Å². The zero-order chi connectivity index (χ0) is 12.4. The van der Waals surface area contributed by atoms with Gasteiger partial charge in [0.2, 0.25) is 0 Å². The summed E-state index contributed by atoms with van der Waals surface area (Å²) >= 11 is 0. The van der Waals surface area contributed by atoms with Crippen LogP contribution in [-0.4, -0.2) is 22.1 Å². The lowest BCUT2D eigenvalue weighted by Gasteiger charge is -2.32. The highest BCUT2D eigenvalue weighted by Gasteiger charge is 2.24. The molecule has 1 unspecified atom stereocenters. The quantitative estimate of drug-likeness (QED) is 0.840. The smallest absolute Gasteiger partial charge is 0.339 e. The monoisotopic (exact) mass is 234 g/mol. The van der Waals surface area contributed by atoms with E-state index in [2.05, 4.69) is 17.2 Å². The SMILES string of the molecule is Cc1cc(NC(C)C2CCC2)c(C(=O)O)cn1. The number of hydrogen-bond donors (Lipinski definition) is 2. The molecule has 1 heterocycles. The van der Waals surface area contributed by atoms with Gasteiger partial charge in [-0.15, -0.1) is 0 Å². The fraction of sp³-hybridized carbons (Fsp3) is 0.538. The average molecular weight is 234 g/mol. The lowest BCUT2D eigenvalue weighted by molar-refractivity contribution is 0.0697. The van der Waals surface area contributed by atoms with Crippen LogP contribution in [0.1, 0.15) is 42.2 Å². The second-order valence-corrected chi connectivity index (χ2v) is 4.80. The molecule has 1 aromatic rings. The van der Waals surface area contributed by atoms with E-state index in [1.54, 1.807) is 6.07 Å².